The number of carbonyl (C=O) groups is 2. The van der Waals surface area contributed by atoms with E-state index in [-0.39, 0.29) is 18.4 Å². The fourth-order valence-electron chi connectivity index (χ4n) is 3.86. The SMILES string of the molecule is Cc1cc(NC(=O)COC(=O)CCc2nc3ccccc3n(CCc3ccccc3)c2=O)n(C)n1. The quantitative estimate of drug-likeness (QED) is 0.375. The van der Waals surface area contributed by atoms with E-state index in [1.165, 1.54) is 4.68 Å². The molecule has 2 aromatic carbocycles. The number of hydrogen-bond acceptors (Lipinski definition) is 6. The molecule has 4 rings (SSSR count). The molecule has 2 aromatic heterocycles. The van der Waals surface area contributed by atoms with Crippen LogP contribution >= 0.6 is 0 Å². The van der Waals surface area contributed by atoms with Crippen molar-refractivity contribution in [3.05, 3.63) is 88.0 Å². The highest BCUT2D eigenvalue weighted by Gasteiger charge is 2.15. The molecule has 1 amide bonds. The van der Waals surface area contributed by atoms with Gasteiger partial charge in [-0.1, -0.05) is 42.5 Å². The molecule has 0 aliphatic carbocycles. The third kappa shape index (κ3) is 6.00. The van der Waals surface area contributed by atoms with Gasteiger partial charge in [-0.15, -0.1) is 0 Å². The minimum absolute atomic E-state index is 0.0582. The van der Waals surface area contributed by atoms with Crippen LogP contribution in [0, 0.1) is 6.92 Å². The number of rotatable bonds is 9. The van der Waals surface area contributed by atoms with Crippen LogP contribution in [0.5, 0.6) is 0 Å². The predicted octanol–water partition coefficient (Wildman–Crippen LogP) is 2.80. The molecule has 0 saturated carbocycles. The number of carbonyl (C=O) groups excluding carboxylic acids is 2. The minimum atomic E-state index is -0.577. The van der Waals surface area contributed by atoms with Crippen LogP contribution in [0.1, 0.15) is 23.4 Å². The lowest BCUT2D eigenvalue weighted by Crippen LogP contribution is -2.27. The van der Waals surface area contributed by atoms with Gasteiger partial charge in [-0.3, -0.25) is 19.1 Å². The Labute approximate surface area is 202 Å². The Morgan fingerprint density at radius 1 is 1.03 bits per heavy atom. The lowest BCUT2D eigenvalue weighted by atomic mass is 10.1. The molecule has 0 saturated heterocycles. The molecule has 1 N–H and O–H groups in total. The van der Waals surface area contributed by atoms with Crippen LogP contribution in [-0.4, -0.2) is 37.8 Å². The summed E-state index contributed by atoms with van der Waals surface area (Å²) in [6, 6.07) is 19.1. The normalized spacial score (nSPS) is 10.9. The number of esters is 1. The van der Waals surface area contributed by atoms with Crippen molar-refractivity contribution < 1.29 is 14.3 Å². The largest absolute Gasteiger partial charge is 0.456 e. The summed E-state index contributed by atoms with van der Waals surface area (Å²) >= 11 is 0. The van der Waals surface area contributed by atoms with Crippen molar-refractivity contribution in [3.63, 3.8) is 0 Å². The summed E-state index contributed by atoms with van der Waals surface area (Å²) in [5.74, 6) is -0.528. The zero-order chi connectivity index (χ0) is 24.8. The van der Waals surface area contributed by atoms with Crippen LogP contribution < -0.4 is 10.9 Å². The molecule has 0 fully saturated rings. The number of benzene rings is 2. The maximum atomic E-state index is 13.2. The predicted molar refractivity (Wildman–Crippen MR) is 132 cm³/mol. The van der Waals surface area contributed by atoms with Gasteiger partial charge in [-0.25, -0.2) is 4.98 Å². The molecule has 9 heteroatoms. The van der Waals surface area contributed by atoms with Crippen LogP contribution in [0.2, 0.25) is 0 Å². The Bertz CT molecular complexity index is 1410. The van der Waals surface area contributed by atoms with E-state index in [4.69, 9.17) is 4.74 Å². The number of amides is 1. The molecule has 180 valence electrons. The van der Waals surface area contributed by atoms with Crippen molar-refractivity contribution in [2.24, 2.45) is 7.05 Å². The summed E-state index contributed by atoms with van der Waals surface area (Å²) in [6.45, 7) is 1.89. The first-order chi connectivity index (χ1) is 16.9. The number of fused-ring (bicyclic) bond motifs is 1. The Balaban J connectivity index is 1.39. The van der Waals surface area contributed by atoms with E-state index in [2.05, 4.69) is 15.4 Å². The van der Waals surface area contributed by atoms with Gasteiger partial charge in [0.15, 0.2) is 6.61 Å². The summed E-state index contributed by atoms with van der Waals surface area (Å²) in [4.78, 5) is 42.0. The number of nitrogens with zero attached hydrogens (tertiary/aromatic N) is 4. The van der Waals surface area contributed by atoms with Crippen molar-refractivity contribution in [3.8, 4) is 0 Å². The van der Waals surface area contributed by atoms with E-state index in [0.29, 0.717) is 30.0 Å². The molecule has 0 atom stereocenters. The minimum Gasteiger partial charge on any atom is -0.456 e. The van der Waals surface area contributed by atoms with E-state index in [0.717, 1.165) is 16.8 Å². The van der Waals surface area contributed by atoms with Gasteiger partial charge in [0.2, 0.25) is 0 Å². The second-order valence-electron chi connectivity index (χ2n) is 8.24. The fourth-order valence-corrected chi connectivity index (χ4v) is 3.86. The zero-order valence-electron chi connectivity index (χ0n) is 19.7. The Morgan fingerprint density at radius 3 is 2.51 bits per heavy atom. The van der Waals surface area contributed by atoms with Crippen molar-refractivity contribution in [2.75, 3.05) is 11.9 Å². The number of aromatic nitrogens is 4. The van der Waals surface area contributed by atoms with E-state index in [1.54, 1.807) is 17.7 Å². The summed E-state index contributed by atoms with van der Waals surface area (Å²) < 4.78 is 8.33. The molecular weight excluding hydrogens is 446 g/mol. The first-order valence-corrected chi connectivity index (χ1v) is 11.4. The molecule has 0 aliphatic rings. The number of ether oxygens (including phenoxy) is 1. The highest BCUT2D eigenvalue weighted by atomic mass is 16.5. The van der Waals surface area contributed by atoms with Gasteiger partial charge in [0.05, 0.1) is 23.1 Å². The smallest absolute Gasteiger partial charge is 0.306 e. The van der Waals surface area contributed by atoms with Crippen LogP contribution in [-0.2, 0) is 40.8 Å². The molecule has 0 aliphatic heterocycles. The van der Waals surface area contributed by atoms with Crippen LogP contribution in [0.25, 0.3) is 11.0 Å². The second-order valence-corrected chi connectivity index (χ2v) is 8.24. The molecule has 0 unspecified atom stereocenters. The summed E-state index contributed by atoms with van der Waals surface area (Å²) in [6.07, 6.45) is 0.759. The number of anilines is 1. The number of nitrogens with one attached hydrogen (secondary N) is 1. The van der Waals surface area contributed by atoms with Gasteiger partial charge in [0.25, 0.3) is 11.5 Å². The molecule has 0 spiro atoms. The molecule has 35 heavy (non-hydrogen) atoms. The van der Waals surface area contributed by atoms with Crippen LogP contribution in [0.3, 0.4) is 0 Å². The molecule has 4 aromatic rings. The van der Waals surface area contributed by atoms with Gasteiger partial charge < -0.3 is 14.6 Å². The molecule has 9 nitrogen and oxygen atoms in total. The van der Waals surface area contributed by atoms with Crippen molar-refractivity contribution in [1.82, 2.24) is 19.3 Å². The number of hydrogen-bond donors (Lipinski definition) is 1. The molecule has 0 bridgehead atoms. The fraction of sp³-hybridized carbons (Fsp3) is 0.269. The topological polar surface area (TPSA) is 108 Å². The third-order valence-corrected chi connectivity index (χ3v) is 5.59. The molecule has 0 radical (unpaired) electrons. The van der Waals surface area contributed by atoms with Crippen molar-refractivity contribution >= 4 is 28.7 Å². The van der Waals surface area contributed by atoms with Gasteiger partial charge >= 0.3 is 5.97 Å². The van der Waals surface area contributed by atoms with E-state index < -0.39 is 18.5 Å². The van der Waals surface area contributed by atoms with E-state index in [1.807, 2.05) is 61.5 Å². The summed E-state index contributed by atoms with van der Waals surface area (Å²) in [5, 5.41) is 6.79. The summed E-state index contributed by atoms with van der Waals surface area (Å²) in [7, 11) is 1.71. The number of para-hydroxylation sites is 2. The highest BCUT2D eigenvalue weighted by Crippen LogP contribution is 2.13. The summed E-state index contributed by atoms with van der Waals surface area (Å²) in [5.41, 5.74) is 3.40. The highest BCUT2D eigenvalue weighted by molar-refractivity contribution is 5.92. The second kappa shape index (κ2) is 10.8. The average molecular weight is 474 g/mol. The van der Waals surface area contributed by atoms with Gasteiger partial charge in [0, 0.05) is 26.1 Å². The van der Waals surface area contributed by atoms with E-state index in [9.17, 15) is 14.4 Å². The lowest BCUT2D eigenvalue weighted by Gasteiger charge is -2.12. The standard InChI is InChI=1S/C26H27N5O4/c1-18-16-23(30(2)29-18)28-24(32)17-35-25(33)13-12-21-26(34)31(15-14-19-8-4-3-5-9-19)22-11-7-6-10-20(22)27-21/h3-11,16H,12-15,17H2,1-2H3,(H,28,32). The Morgan fingerprint density at radius 2 is 1.77 bits per heavy atom. The maximum Gasteiger partial charge on any atom is 0.306 e. The van der Waals surface area contributed by atoms with Crippen LogP contribution in [0.15, 0.2) is 65.5 Å². The molecule has 2 heterocycles. The molecular formula is C26H27N5O4. The first-order valence-electron chi connectivity index (χ1n) is 11.4. The van der Waals surface area contributed by atoms with Gasteiger partial charge in [-0.05, 0) is 31.0 Å². The van der Waals surface area contributed by atoms with Crippen molar-refractivity contribution in [1.29, 1.82) is 0 Å². The van der Waals surface area contributed by atoms with Gasteiger partial charge in [0.1, 0.15) is 11.5 Å². The first kappa shape index (κ1) is 23.9. The van der Waals surface area contributed by atoms with Crippen LogP contribution in [0.4, 0.5) is 5.82 Å². The maximum absolute atomic E-state index is 13.2. The van der Waals surface area contributed by atoms with Crippen molar-refractivity contribution in [2.45, 2.75) is 32.7 Å². The monoisotopic (exact) mass is 473 g/mol. The Kier molecular flexibility index (Phi) is 7.35. The Hall–Kier alpha value is -4.27. The van der Waals surface area contributed by atoms with Gasteiger partial charge in [-0.2, -0.15) is 5.10 Å². The zero-order valence-corrected chi connectivity index (χ0v) is 19.7. The van der Waals surface area contributed by atoms with E-state index >= 15 is 0 Å². The number of aryl methyl sites for hydroxylation is 5. The third-order valence-electron chi connectivity index (χ3n) is 5.59. The average Bonchev–Trinajstić information content (AvgIpc) is 3.17. The lowest BCUT2D eigenvalue weighted by molar-refractivity contribution is -0.147.